The van der Waals surface area contributed by atoms with Gasteiger partial charge in [0.1, 0.15) is 18.1 Å². The fourth-order valence-corrected chi connectivity index (χ4v) is 3.65. The average molecular weight is 529 g/mol. The second kappa shape index (κ2) is 12.1. The zero-order chi connectivity index (χ0) is 24.5. The van der Waals surface area contributed by atoms with Gasteiger partial charge in [0.25, 0.3) is 0 Å². The molecule has 34 heavy (non-hydrogen) atoms. The zero-order valence-electron chi connectivity index (χ0n) is 19.1. The standard InChI is InChI=1S/C25H25BrN2O6/c1-4-32-25(30)23(34-16(2)29)14-17-13-18(26)9-10-21(17)33-15-19-11-12-27-24(28-19)20-7-5-6-8-22(20)31-3/h5-13,23H,4,14-15H2,1-3H3. The van der Waals surface area contributed by atoms with Crippen LogP contribution in [0.3, 0.4) is 0 Å². The Kier molecular flexibility index (Phi) is 8.98. The Balaban J connectivity index is 1.80. The van der Waals surface area contributed by atoms with Crippen LogP contribution in [-0.2, 0) is 32.1 Å². The van der Waals surface area contributed by atoms with Crippen LogP contribution in [0.1, 0.15) is 25.1 Å². The molecule has 8 nitrogen and oxygen atoms in total. The van der Waals surface area contributed by atoms with E-state index >= 15 is 0 Å². The summed E-state index contributed by atoms with van der Waals surface area (Å²) in [5.74, 6) is 0.543. The fraction of sp³-hybridized carbons (Fsp3) is 0.280. The third-order valence-electron chi connectivity index (χ3n) is 4.72. The molecule has 0 spiro atoms. The van der Waals surface area contributed by atoms with Crippen molar-refractivity contribution in [3.8, 4) is 22.9 Å². The number of benzene rings is 2. The molecule has 0 fully saturated rings. The molecule has 0 bridgehead atoms. The quantitative estimate of drug-likeness (QED) is 0.354. The Hall–Kier alpha value is -3.46. The molecule has 0 saturated heterocycles. The SMILES string of the molecule is CCOC(=O)C(Cc1cc(Br)ccc1OCc1ccnc(-c2ccccc2OC)n1)OC(C)=O. The van der Waals surface area contributed by atoms with E-state index in [-0.39, 0.29) is 19.6 Å². The molecule has 0 aliphatic heterocycles. The summed E-state index contributed by atoms with van der Waals surface area (Å²) in [7, 11) is 1.60. The van der Waals surface area contributed by atoms with Crippen molar-refractivity contribution >= 4 is 27.9 Å². The van der Waals surface area contributed by atoms with E-state index in [1.54, 1.807) is 32.4 Å². The molecule has 3 rings (SSSR count). The maximum absolute atomic E-state index is 12.3. The highest BCUT2D eigenvalue weighted by atomic mass is 79.9. The minimum atomic E-state index is -1.08. The Morgan fingerprint density at radius 3 is 2.62 bits per heavy atom. The van der Waals surface area contributed by atoms with Gasteiger partial charge in [-0.15, -0.1) is 0 Å². The lowest BCUT2D eigenvalue weighted by Gasteiger charge is -2.18. The number of carbonyl (C=O) groups excluding carboxylic acids is 2. The molecule has 9 heteroatoms. The average Bonchev–Trinajstić information content (AvgIpc) is 2.83. The molecule has 0 radical (unpaired) electrons. The first kappa shape index (κ1) is 25.2. The summed E-state index contributed by atoms with van der Waals surface area (Å²) >= 11 is 3.44. The maximum Gasteiger partial charge on any atom is 0.347 e. The molecule has 3 aromatic rings. The normalized spacial score (nSPS) is 11.4. The minimum Gasteiger partial charge on any atom is -0.496 e. The number of nitrogens with zero attached hydrogens (tertiary/aromatic N) is 2. The lowest BCUT2D eigenvalue weighted by molar-refractivity contribution is -0.166. The lowest BCUT2D eigenvalue weighted by atomic mass is 10.1. The highest BCUT2D eigenvalue weighted by molar-refractivity contribution is 9.10. The van der Waals surface area contributed by atoms with Gasteiger partial charge in [-0.2, -0.15) is 0 Å². The van der Waals surface area contributed by atoms with Crippen LogP contribution in [0.15, 0.2) is 59.2 Å². The Labute approximate surface area is 206 Å². The molecule has 0 amide bonds. The van der Waals surface area contributed by atoms with Gasteiger partial charge in [-0.25, -0.2) is 14.8 Å². The first-order valence-electron chi connectivity index (χ1n) is 10.6. The van der Waals surface area contributed by atoms with Crippen LogP contribution in [0, 0.1) is 0 Å². The van der Waals surface area contributed by atoms with Crippen molar-refractivity contribution in [3.05, 3.63) is 70.5 Å². The molecular formula is C25H25BrN2O6. The number of esters is 2. The summed E-state index contributed by atoms with van der Waals surface area (Å²) < 4.78 is 22.5. The van der Waals surface area contributed by atoms with Gasteiger partial charge in [-0.3, -0.25) is 4.79 Å². The molecule has 1 atom stereocenters. The fourth-order valence-electron chi connectivity index (χ4n) is 3.24. The topological polar surface area (TPSA) is 96.8 Å². The summed E-state index contributed by atoms with van der Waals surface area (Å²) in [6.45, 7) is 3.29. The van der Waals surface area contributed by atoms with Gasteiger partial charge >= 0.3 is 11.9 Å². The zero-order valence-corrected chi connectivity index (χ0v) is 20.7. The number of hydrogen-bond donors (Lipinski definition) is 0. The van der Waals surface area contributed by atoms with E-state index in [0.717, 1.165) is 10.0 Å². The highest BCUT2D eigenvalue weighted by Crippen LogP contribution is 2.28. The summed E-state index contributed by atoms with van der Waals surface area (Å²) in [5.41, 5.74) is 2.11. The molecule has 1 aromatic heterocycles. The van der Waals surface area contributed by atoms with Crippen LogP contribution < -0.4 is 9.47 Å². The van der Waals surface area contributed by atoms with Crippen LogP contribution in [-0.4, -0.2) is 41.7 Å². The van der Waals surface area contributed by atoms with E-state index in [4.69, 9.17) is 18.9 Å². The highest BCUT2D eigenvalue weighted by Gasteiger charge is 2.25. The Morgan fingerprint density at radius 2 is 1.88 bits per heavy atom. The Bertz CT molecular complexity index is 1150. The predicted octanol–water partition coefficient (Wildman–Crippen LogP) is 4.53. The van der Waals surface area contributed by atoms with E-state index in [2.05, 4.69) is 25.9 Å². The van der Waals surface area contributed by atoms with Gasteiger partial charge in [-0.05, 0) is 48.9 Å². The van der Waals surface area contributed by atoms with Crippen molar-refractivity contribution < 1.29 is 28.5 Å². The molecule has 0 aliphatic rings. The van der Waals surface area contributed by atoms with Crippen LogP contribution >= 0.6 is 15.9 Å². The molecule has 1 unspecified atom stereocenters. The van der Waals surface area contributed by atoms with Crippen molar-refractivity contribution in [1.29, 1.82) is 0 Å². The summed E-state index contributed by atoms with van der Waals surface area (Å²) in [5, 5.41) is 0. The van der Waals surface area contributed by atoms with Gasteiger partial charge in [0, 0.05) is 24.0 Å². The number of halogens is 1. The van der Waals surface area contributed by atoms with Gasteiger partial charge in [-0.1, -0.05) is 28.1 Å². The second-order valence-electron chi connectivity index (χ2n) is 7.17. The van der Waals surface area contributed by atoms with Gasteiger partial charge < -0.3 is 18.9 Å². The molecule has 0 N–H and O–H groups in total. The van der Waals surface area contributed by atoms with Crippen molar-refractivity contribution in [3.63, 3.8) is 0 Å². The molecule has 0 aliphatic carbocycles. The van der Waals surface area contributed by atoms with E-state index in [1.807, 2.05) is 36.4 Å². The molecule has 1 heterocycles. The van der Waals surface area contributed by atoms with Crippen LogP contribution in [0.5, 0.6) is 11.5 Å². The molecule has 178 valence electrons. The third kappa shape index (κ3) is 6.77. The van der Waals surface area contributed by atoms with E-state index in [0.29, 0.717) is 28.6 Å². The second-order valence-corrected chi connectivity index (χ2v) is 8.08. The van der Waals surface area contributed by atoms with Crippen molar-refractivity contribution in [2.45, 2.75) is 33.0 Å². The van der Waals surface area contributed by atoms with Crippen molar-refractivity contribution in [1.82, 2.24) is 9.97 Å². The first-order valence-corrected chi connectivity index (χ1v) is 11.4. The first-order chi connectivity index (χ1) is 16.4. The summed E-state index contributed by atoms with van der Waals surface area (Å²) in [4.78, 5) is 32.8. The summed E-state index contributed by atoms with van der Waals surface area (Å²) in [6.07, 6.45) is 0.682. The van der Waals surface area contributed by atoms with Crippen molar-refractivity contribution in [2.24, 2.45) is 0 Å². The minimum absolute atomic E-state index is 0.101. The maximum atomic E-state index is 12.3. The molecule has 0 saturated carbocycles. The van der Waals surface area contributed by atoms with E-state index in [1.165, 1.54) is 6.92 Å². The van der Waals surface area contributed by atoms with Crippen molar-refractivity contribution in [2.75, 3.05) is 13.7 Å². The molecular weight excluding hydrogens is 504 g/mol. The number of para-hydroxylation sites is 1. The predicted molar refractivity (Wildman–Crippen MR) is 128 cm³/mol. The largest absolute Gasteiger partial charge is 0.496 e. The number of methoxy groups -OCH3 is 1. The Morgan fingerprint density at radius 1 is 1.09 bits per heavy atom. The van der Waals surface area contributed by atoms with Crippen LogP contribution in [0.4, 0.5) is 0 Å². The van der Waals surface area contributed by atoms with E-state index < -0.39 is 18.0 Å². The monoisotopic (exact) mass is 528 g/mol. The number of rotatable bonds is 10. The van der Waals surface area contributed by atoms with Gasteiger partial charge in [0.2, 0.25) is 6.10 Å². The van der Waals surface area contributed by atoms with Crippen LogP contribution in [0.2, 0.25) is 0 Å². The summed E-state index contributed by atoms with van der Waals surface area (Å²) in [6, 6.07) is 14.7. The number of ether oxygens (including phenoxy) is 4. The smallest absolute Gasteiger partial charge is 0.347 e. The lowest BCUT2D eigenvalue weighted by Crippen LogP contribution is -2.30. The van der Waals surface area contributed by atoms with Crippen LogP contribution in [0.25, 0.3) is 11.4 Å². The number of aromatic nitrogens is 2. The van der Waals surface area contributed by atoms with Gasteiger partial charge in [0.05, 0.1) is 25.0 Å². The molecule has 2 aromatic carbocycles. The number of carbonyl (C=O) groups is 2. The number of hydrogen-bond acceptors (Lipinski definition) is 8. The van der Waals surface area contributed by atoms with Gasteiger partial charge in [0.15, 0.2) is 5.82 Å². The van der Waals surface area contributed by atoms with E-state index in [9.17, 15) is 9.59 Å². The third-order valence-corrected chi connectivity index (χ3v) is 5.22.